The zero-order valence-corrected chi connectivity index (χ0v) is 9.86. The van der Waals surface area contributed by atoms with Crippen LogP contribution in [0.2, 0.25) is 0 Å². The molecule has 0 aromatic carbocycles. The third-order valence-electron chi connectivity index (χ3n) is 2.52. The number of tetrazole rings is 1. The van der Waals surface area contributed by atoms with Crippen LogP contribution in [-0.2, 0) is 17.9 Å². The summed E-state index contributed by atoms with van der Waals surface area (Å²) in [7, 11) is 0. The van der Waals surface area contributed by atoms with Gasteiger partial charge in [-0.25, -0.2) is 4.68 Å². The maximum atomic E-state index is 11.2. The second-order valence-electron chi connectivity index (χ2n) is 3.97. The maximum Gasteiger partial charge on any atom is 0.221 e. The summed E-state index contributed by atoms with van der Waals surface area (Å²) in [5.74, 6) is 1.98. The minimum atomic E-state index is -0.0176. The molecule has 0 spiro atoms. The molecule has 1 aromatic heterocycles. The predicted molar refractivity (Wildman–Crippen MR) is 60.9 cm³/mol. The number of hydrogen-bond acceptors (Lipinski definition) is 5. The van der Waals surface area contributed by atoms with Crippen molar-refractivity contribution in [3.8, 4) is 0 Å². The molecule has 1 aliphatic rings. The highest BCUT2D eigenvalue weighted by molar-refractivity contribution is 7.80. The molecule has 1 aliphatic carbocycles. The van der Waals surface area contributed by atoms with Crippen LogP contribution in [0.15, 0.2) is 0 Å². The Morgan fingerprint density at radius 1 is 1.56 bits per heavy atom. The molecule has 0 atom stereocenters. The first-order valence-electron chi connectivity index (χ1n) is 5.42. The Hall–Kier alpha value is -1.11. The Labute approximate surface area is 99.2 Å². The van der Waals surface area contributed by atoms with Gasteiger partial charge in [0.15, 0.2) is 5.82 Å². The molecular formula is C9H15N5OS. The van der Waals surface area contributed by atoms with Crippen LogP contribution in [0.3, 0.4) is 0 Å². The van der Waals surface area contributed by atoms with Gasteiger partial charge < -0.3 is 5.32 Å². The van der Waals surface area contributed by atoms with Crippen LogP contribution in [0, 0.1) is 5.92 Å². The van der Waals surface area contributed by atoms with Gasteiger partial charge in [0.25, 0.3) is 0 Å². The highest BCUT2D eigenvalue weighted by atomic mass is 32.1. The van der Waals surface area contributed by atoms with E-state index in [9.17, 15) is 4.79 Å². The smallest absolute Gasteiger partial charge is 0.221 e. The summed E-state index contributed by atoms with van der Waals surface area (Å²) >= 11 is 4.00. The summed E-state index contributed by atoms with van der Waals surface area (Å²) in [6.07, 6.45) is 2.93. The molecule has 1 heterocycles. The van der Waals surface area contributed by atoms with Gasteiger partial charge in [-0.1, -0.05) is 0 Å². The number of rotatable bonds is 6. The number of nitrogens with one attached hydrogen (secondary N) is 1. The minimum absolute atomic E-state index is 0.0176. The van der Waals surface area contributed by atoms with Crippen LogP contribution in [0.25, 0.3) is 0 Å². The first-order valence-corrected chi connectivity index (χ1v) is 6.05. The second-order valence-corrected chi connectivity index (χ2v) is 4.42. The van der Waals surface area contributed by atoms with Crippen molar-refractivity contribution in [1.29, 1.82) is 0 Å². The van der Waals surface area contributed by atoms with Crippen LogP contribution in [0.4, 0.5) is 0 Å². The molecule has 1 N–H and O–H groups in total. The number of hydrogen-bond donors (Lipinski definition) is 2. The molecule has 2 rings (SSSR count). The number of carbonyl (C=O) groups is 1. The van der Waals surface area contributed by atoms with Crippen molar-refractivity contribution >= 4 is 18.5 Å². The Kier molecular flexibility index (Phi) is 3.76. The Morgan fingerprint density at radius 3 is 3.06 bits per heavy atom. The molecule has 0 unspecified atom stereocenters. The standard InChI is InChI=1S/C9H15N5OS/c15-9(3-4-16)10-5-8-11-12-13-14(8)6-7-1-2-7/h7,16H,1-6H2,(H,10,15). The van der Waals surface area contributed by atoms with E-state index in [-0.39, 0.29) is 5.91 Å². The van der Waals surface area contributed by atoms with Crippen molar-refractivity contribution in [3.05, 3.63) is 5.82 Å². The molecule has 0 aliphatic heterocycles. The van der Waals surface area contributed by atoms with E-state index >= 15 is 0 Å². The summed E-state index contributed by atoms with van der Waals surface area (Å²) < 4.78 is 1.78. The van der Waals surface area contributed by atoms with Gasteiger partial charge in [0.2, 0.25) is 5.91 Å². The van der Waals surface area contributed by atoms with Gasteiger partial charge in [-0.05, 0) is 34.9 Å². The van der Waals surface area contributed by atoms with Gasteiger partial charge in [0.05, 0.1) is 6.54 Å². The number of nitrogens with zero attached hydrogens (tertiary/aromatic N) is 4. The minimum Gasteiger partial charge on any atom is -0.349 e. The summed E-state index contributed by atoms with van der Waals surface area (Å²) in [5.41, 5.74) is 0. The first-order chi connectivity index (χ1) is 7.79. The zero-order valence-electron chi connectivity index (χ0n) is 8.96. The molecule has 16 heavy (non-hydrogen) atoms. The molecule has 1 fully saturated rings. The number of carbonyl (C=O) groups excluding carboxylic acids is 1. The Morgan fingerprint density at radius 2 is 2.38 bits per heavy atom. The van der Waals surface area contributed by atoms with Gasteiger partial charge in [-0.3, -0.25) is 4.79 Å². The lowest BCUT2D eigenvalue weighted by atomic mass is 10.4. The summed E-state index contributed by atoms with van der Waals surface area (Å²) in [6.45, 7) is 1.26. The van der Waals surface area contributed by atoms with Crippen molar-refractivity contribution in [2.75, 3.05) is 5.75 Å². The van der Waals surface area contributed by atoms with Gasteiger partial charge in [-0.2, -0.15) is 12.6 Å². The molecule has 1 amide bonds. The largest absolute Gasteiger partial charge is 0.349 e. The quantitative estimate of drug-likeness (QED) is 0.689. The van der Waals surface area contributed by atoms with E-state index in [0.717, 1.165) is 18.3 Å². The summed E-state index contributed by atoms with van der Waals surface area (Å²) in [4.78, 5) is 11.2. The molecular weight excluding hydrogens is 226 g/mol. The monoisotopic (exact) mass is 241 g/mol. The fourth-order valence-corrected chi connectivity index (χ4v) is 1.61. The highest BCUT2D eigenvalue weighted by Gasteiger charge is 2.23. The lowest BCUT2D eigenvalue weighted by Crippen LogP contribution is -2.25. The average Bonchev–Trinajstić information content (AvgIpc) is 2.95. The van der Waals surface area contributed by atoms with Crippen LogP contribution >= 0.6 is 12.6 Å². The van der Waals surface area contributed by atoms with Gasteiger partial charge in [-0.15, -0.1) is 5.10 Å². The van der Waals surface area contributed by atoms with Crippen LogP contribution in [0.1, 0.15) is 25.1 Å². The van der Waals surface area contributed by atoms with E-state index in [4.69, 9.17) is 0 Å². The predicted octanol–water partition coefficient (Wildman–Crippen LogP) is 0.0192. The third kappa shape index (κ3) is 3.19. The van der Waals surface area contributed by atoms with Crippen molar-refractivity contribution in [2.24, 2.45) is 5.92 Å². The molecule has 0 saturated heterocycles. The van der Waals surface area contributed by atoms with Crippen LogP contribution in [0.5, 0.6) is 0 Å². The lowest BCUT2D eigenvalue weighted by molar-refractivity contribution is -0.120. The molecule has 0 radical (unpaired) electrons. The van der Waals surface area contributed by atoms with E-state index < -0.39 is 0 Å². The van der Waals surface area contributed by atoms with Gasteiger partial charge in [0, 0.05) is 13.0 Å². The molecule has 0 bridgehead atoms. The molecule has 1 aromatic rings. The second kappa shape index (κ2) is 5.29. The van der Waals surface area contributed by atoms with Crippen molar-refractivity contribution in [2.45, 2.75) is 32.4 Å². The van der Waals surface area contributed by atoms with E-state index in [1.807, 2.05) is 0 Å². The Bertz CT molecular complexity index is 363. The van der Waals surface area contributed by atoms with Crippen molar-refractivity contribution in [3.63, 3.8) is 0 Å². The lowest BCUT2D eigenvalue weighted by Gasteiger charge is -2.04. The SMILES string of the molecule is O=C(CCS)NCc1nnnn1CC1CC1. The van der Waals surface area contributed by atoms with Crippen molar-refractivity contribution < 1.29 is 4.79 Å². The average molecular weight is 241 g/mol. The highest BCUT2D eigenvalue weighted by Crippen LogP contribution is 2.30. The molecule has 7 heteroatoms. The number of aromatic nitrogens is 4. The zero-order chi connectivity index (χ0) is 11.4. The Balaban J connectivity index is 1.83. The summed E-state index contributed by atoms with van der Waals surface area (Å²) in [6, 6.07) is 0. The maximum absolute atomic E-state index is 11.2. The van der Waals surface area contributed by atoms with Crippen LogP contribution < -0.4 is 5.32 Å². The van der Waals surface area contributed by atoms with Crippen LogP contribution in [-0.4, -0.2) is 31.9 Å². The van der Waals surface area contributed by atoms with Crippen molar-refractivity contribution in [1.82, 2.24) is 25.5 Å². The van der Waals surface area contributed by atoms with Gasteiger partial charge >= 0.3 is 0 Å². The third-order valence-corrected chi connectivity index (χ3v) is 2.74. The van der Waals surface area contributed by atoms with E-state index in [1.54, 1.807) is 4.68 Å². The number of thiol groups is 1. The molecule has 6 nitrogen and oxygen atoms in total. The topological polar surface area (TPSA) is 72.7 Å². The molecule has 1 saturated carbocycles. The van der Waals surface area contributed by atoms with Gasteiger partial charge in [0.1, 0.15) is 0 Å². The number of amides is 1. The normalized spacial score (nSPS) is 15.1. The first kappa shape index (κ1) is 11.4. The van der Waals surface area contributed by atoms with E-state index in [1.165, 1.54) is 12.8 Å². The van der Waals surface area contributed by atoms with E-state index in [0.29, 0.717) is 18.7 Å². The summed E-state index contributed by atoms with van der Waals surface area (Å²) in [5, 5.41) is 14.2. The molecule has 88 valence electrons. The fraction of sp³-hybridized carbons (Fsp3) is 0.778. The van der Waals surface area contributed by atoms with E-state index in [2.05, 4.69) is 33.5 Å². The fourth-order valence-electron chi connectivity index (χ4n) is 1.40.